The molecule has 0 N–H and O–H groups in total. The van der Waals surface area contributed by atoms with Crippen molar-refractivity contribution in [2.24, 2.45) is 0 Å². The summed E-state index contributed by atoms with van der Waals surface area (Å²) in [6.07, 6.45) is 1.43. The summed E-state index contributed by atoms with van der Waals surface area (Å²) in [5.41, 5.74) is 0. The van der Waals surface area contributed by atoms with Crippen molar-refractivity contribution in [3.05, 3.63) is 23.6 Å². The zero-order valence-corrected chi connectivity index (χ0v) is 6.55. The number of rotatable bonds is 1. The highest BCUT2D eigenvalue weighted by Gasteiger charge is 1.98. The van der Waals surface area contributed by atoms with Gasteiger partial charge >= 0.3 is 0 Å². The molecule has 60 valence electrons. The van der Waals surface area contributed by atoms with Gasteiger partial charge in [0.15, 0.2) is 11.0 Å². The molecule has 2 rings (SSSR count). The van der Waals surface area contributed by atoms with E-state index in [1.807, 2.05) is 0 Å². The Hall–Kier alpha value is -1.56. The average molecular weight is 183 g/mol. The van der Waals surface area contributed by atoms with Crippen LogP contribution in [0.5, 0.6) is 0 Å². The number of hydrogen-bond donors (Lipinski definition) is 0. The van der Waals surface area contributed by atoms with Crippen LogP contribution in [0.3, 0.4) is 0 Å². The SMILES string of the molecule is Clc1ccc(-n2cnnn2)nn1. The van der Waals surface area contributed by atoms with Gasteiger partial charge in [0.05, 0.1) is 0 Å². The van der Waals surface area contributed by atoms with Gasteiger partial charge in [-0.2, -0.15) is 4.68 Å². The fourth-order valence-electron chi connectivity index (χ4n) is 0.697. The molecule has 0 saturated heterocycles. The molecular weight excluding hydrogens is 180 g/mol. The summed E-state index contributed by atoms with van der Waals surface area (Å²) in [6.45, 7) is 0. The molecule has 0 fully saturated rings. The quantitative estimate of drug-likeness (QED) is 0.626. The second-order valence-corrected chi connectivity index (χ2v) is 2.36. The first-order chi connectivity index (χ1) is 5.86. The number of halogens is 1. The third-order valence-corrected chi connectivity index (χ3v) is 1.40. The van der Waals surface area contributed by atoms with Gasteiger partial charge in [0.2, 0.25) is 0 Å². The molecule has 2 aromatic rings. The van der Waals surface area contributed by atoms with Crippen LogP contribution in [0.2, 0.25) is 5.15 Å². The highest BCUT2D eigenvalue weighted by Crippen LogP contribution is 2.03. The maximum atomic E-state index is 5.54. The molecule has 0 aliphatic rings. The summed E-state index contributed by atoms with van der Waals surface area (Å²) in [6, 6.07) is 3.29. The molecule has 0 saturated carbocycles. The van der Waals surface area contributed by atoms with E-state index in [0.717, 1.165) is 0 Å². The lowest BCUT2D eigenvalue weighted by Crippen LogP contribution is -1.99. The Balaban J connectivity index is 2.43. The van der Waals surface area contributed by atoms with Gasteiger partial charge in [-0.15, -0.1) is 15.3 Å². The summed E-state index contributed by atoms with van der Waals surface area (Å²) in [7, 11) is 0. The number of tetrazole rings is 1. The molecule has 0 spiro atoms. The highest BCUT2D eigenvalue weighted by atomic mass is 35.5. The van der Waals surface area contributed by atoms with Gasteiger partial charge in [-0.1, -0.05) is 11.6 Å². The summed E-state index contributed by atoms with van der Waals surface area (Å²) in [5, 5.41) is 18.3. The zero-order chi connectivity index (χ0) is 8.39. The first-order valence-electron chi connectivity index (χ1n) is 3.09. The van der Waals surface area contributed by atoms with E-state index in [-0.39, 0.29) is 0 Å². The Bertz CT molecular complexity index is 354. The minimum absolute atomic E-state index is 0.340. The van der Waals surface area contributed by atoms with Gasteiger partial charge in [0.1, 0.15) is 6.33 Å². The minimum Gasteiger partial charge on any atom is -0.180 e. The largest absolute Gasteiger partial charge is 0.180 e. The zero-order valence-electron chi connectivity index (χ0n) is 5.79. The van der Waals surface area contributed by atoms with E-state index in [9.17, 15) is 0 Å². The second kappa shape index (κ2) is 2.82. The summed E-state index contributed by atoms with van der Waals surface area (Å²) in [4.78, 5) is 0. The smallest absolute Gasteiger partial charge is 0.179 e. The van der Waals surface area contributed by atoms with Crippen molar-refractivity contribution in [2.45, 2.75) is 0 Å². The maximum absolute atomic E-state index is 5.54. The van der Waals surface area contributed by atoms with E-state index in [4.69, 9.17) is 11.6 Å². The predicted molar refractivity (Wildman–Crippen MR) is 39.8 cm³/mol. The Morgan fingerprint density at radius 3 is 2.75 bits per heavy atom. The monoisotopic (exact) mass is 182 g/mol. The highest BCUT2D eigenvalue weighted by molar-refractivity contribution is 6.29. The lowest BCUT2D eigenvalue weighted by Gasteiger charge is -1.94. The first kappa shape index (κ1) is 7.11. The fraction of sp³-hybridized carbons (Fsp3) is 0. The summed E-state index contributed by atoms with van der Waals surface area (Å²) in [5.74, 6) is 0.532. The molecule has 0 atom stereocenters. The van der Waals surface area contributed by atoms with Gasteiger partial charge in [-0.25, -0.2) is 0 Å². The molecule has 0 radical (unpaired) electrons. The predicted octanol–water partition coefficient (Wildman–Crippen LogP) is 0.106. The molecule has 7 heteroatoms. The number of nitrogens with zero attached hydrogens (tertiary/aromatic N) is 6. The van der Waals surface area contributed by atoms with E-state index in [0.29, 0.717) is 11.0 Å². The Kier molecular flexibility index (Phi) is 1.67. The molecule has 0 amide bonds. The van der Waals surface area contributed by atoms with Gasteiger partial charge in [-0.05, 0) is 22.6 Å². The Morgan fingerprint density at radius 2 is 2.17 bits per heavy atom. The lowest BCUT2D eigenvalue weighted by atomic mass is 10.5. The second-order valence-electron chi connectivity index (χ2n) is 1.97. The van der Waals surface area contributed by atoms with Crippen molar-refractivity contribution in [1.82, 2.24) is 30.4 Å². The van der Waals surface area contributed by atoms with E-state index in [1.54, 1.807) is 12.1 Å². The van der Waals surface area contributed by atoms with Crippen molar-refractivity contribution < 1.29 is 0 Å². The maximum Gasteiger partial charge on any atom is 0.179 e. The third kappa shape index (κ3) is 1.24. The standard InChI is InChI=1S/C5H3ClN6/c6-4-1-2-5(9-8-4)12-3-7-10-11-12/h1-3H. The van der Waals surface area contributed by atoms with Crippen molar-refractivity contribution >= 4 is 11.6 Å². The third-order valence-electron chi connectivity index (χ3n) is 1.20. The van der Waals surface area contributed by atoms with Crippen LogP contribution < -0.4 is 0 Å². The molecule has 12 heavy (non-hydrogen) atoms. The van der Waals surface area contributed by atoms with Crippen LogP contribution in [0.4, 0.5) is 0 Å². The van der Waals surface area contributed by atoms with Gasteiger partial charge < -0.3 is 0 Å². The van der Waals surface area contributed by atoms with Crippen molar-refractivity contribution in [3.8, 4) is 5.82 Å². The van der Waals surface area contributed by atoms with E-state index < -0.39 is 0 Å². The van der Waals surface area contributed by atoms with E-state index >= 15 is 0 Å². The minimum atomic E-state index is 0.340. The Morgan fingerprint density at radius 1 is 1.25 bits per heavy atom. The van der Waals surface area contributed by atoms with Crippen molar-refractivity contribution in [1.29, 1.82) is 0 Å². The van der Waals surface area contributed by atoms with Gasteiger partial charge in [0, 0.05) is 0 Å². The van der Waals surface area contributed by atoms with Crippen LogP contribution >= 0.6 is 11.6 Å². The van der Waals surface area contributed by atoms with Gasteiger partial charge in [-0.3, -0.25) is 0 Å². The molecule has 0 aromatic carbocycles. The molecular formula is C5H3ClN6. The molecule has 0 bridgehead atoms. The molecule has 2 heterocycles. The topological polar surface area (TPSA) is 69.4 Å². The fourth-order valence-corrected chi connectivity index (χ4v) is 0.798. The molecule has 6 nitrogen and oxygen atoms in total. The van der Waals surface area contributed by atoms with E-state index in [1.165, 1.54) is 11.0 Å². The Labute approximate surface area is 72.2 Å². The van der Waals surface area contributed by atoms with Crippen LogP contribution in [0.15, 0.2) is 18.5 Å². The molecule has 0 unspecified atom stereocenters. The van der Waals surface area contributed by atoms with Crippen LogP contribution in [-0.2, 0) is 0 Å². The van der Waals surface area contributed by atoms with Crippen LogP contribution in [0, 0.1) is 0 Å². The number of hydrogen-bond acceptors (Lipinski definition) is 5. The van der Waals surface area contributed by atoms with Crippen LogP contribution in [0.25, 0.3) is 5.82 Å². The lowest BCUT2D eigenvalue weighted by molar-refractivity contribution is 0.755. The molecule has 2 aromatic heterocycles. The van der Waals surface area contributed by atoms with E-state index in [2.05, 4.69) is 25.7 Å². The molecule has 0 aliphatic carbocycles. The number of aromatic nitrogens is 6. The van der Waals surface area contributed by atoms with Crippen molar-refractivity contribution in [3.63, 3.8) is 0 Å². The first-order valence-corrected chi connectivity index (χ1v) is 3.46. The van der Waals surface area contributed by atoms with Crippen LogP contribution in [-0.4, -0.2) is 30.4 Å². The average Bonchev–Trinajstić information content (AvgIpc) is 2.58. The summed E-state index contributed by atoms with van der Waals surface area (Å²) >= 11 is 5.54. The normalized spacial score (nSPS) is 10.1. The molecule has 0 aliphatic heterocycles. The summed E-state index contributed by atoms with van der Waals surface area (Å²) < 4.78 is 1.39. The van der Waals surface area contributed by atoms with Gasteiger partial charge in [0.25, 0.3) is 0 Å². The van der Waals surface area contributed by atoms with Crippen LogP contribution in [0.1, 0.15) is 0 Å². The van der Waals surface area contributed by atoms with Crippen molar-refractivity contribution in [2.75, 3.05) is 0 Å².